The van der Waals surface area contributed by atoms with Gasteiger partial charge in [0.1, 0.15) is 11.5 Å². The third-order valence-electron chi connectivity index (χ3n) is 5.60. The number of aryl methyl sites for hydroxylation is 2. The standard InChI is InChI=1S/C23H23F2N3O3/c1-15-14-26(2)22(21(15)19-4-3-11-31-19)23(30)28-9-7-27(8-10-28)20(29)13-16-5-6-17(24)18(25)12-16/h3-6,11-12,14H,7-10,13H2,1-2H3. The van der Waals surface area contributed by atoms with Crippen LogP contribution in [0.4, 0.5) is 8.78 Å². The molecular weight excluding hydrogens is 404 g/mol. The smallest absolute Gasteiger partial charge is 0.271 e. The van der Waals surface area contributed by atoms with Crippen molar-refractivity contribution >= 4 is 11.8 Å². The quantitative estimate of drug-likeness (QED) is 0.641. The van der Waals surface area contributed by atoms with E-state index in [1.54, 1.807) is 26.7 Å². The van der Waals surface area contributed by atoms with E-state index in [0.29, 0.717) is 43.2 Å². The number of benzene rings is 1. The van der Waals surface area contributed by atoms with Gasteiger partial charge in [0.25, 0.3) is 5.91 Å². The van der Waals surface area contributed by atoms with Crippen LogP contribution in [0.3, 0.4) is 0 Å². The molecule has 1 saturated heterocycles. The van der Waals surface area contributed by atoms with Crippen LogP contribution in [0, 0.1) is 18.6 Å². The first-order chi connectivity index (χ1) is 14.8. The summed E-state index contributed by atoms with van der Waals surface area (Å²) >= 11 is 0. The summed E-state index contributed by atoms with van der Waals surface area (Å²) in [5, 5.41) is 0. The molecular formula is C23H23F2N3O3. The molecule has 6 nitrogen and oxygen atoms in total. The molecule has 2 aromatic heterocycles. The predicted molar refractivity (Wildman–Crippen MR) is 110 cm³/mol. The zero-order valence-electron chi connectivity index (χ0n) is 17.4. The van der Waals surface area contributed by atoms with Crippen LogP contribution in [0.15, 0.2) is 47.2 Å². The predicted octanol–water partition coefficient (Wildman–Crippen LogP) is 3.40. The Morgan fingerprint density at radius 1 is 1.03 bits per heavy atom. The Labute approximate surface area is 178 Å². The van der Waals surface area contributed by atoms with Crippen LogP contribution in [-0.2, 0) is 18.3 Å². The van der Waals surface area contributed by atoms with Crippen molar-refractivity contribution in [1.29, 1.82) is 0 Å². The molecule has 1 aromatic carbocycles. The van der Waals surface area contributed by atoms with E-state index in [-0.39, 0.29) is 18.2 Å². The minimum atomic E-state index is -0.967. The summed E-state index contributed by atoms with van der Waals surface area (Å²) in [7, 11) is 1.83. The van der Waals surface area contributed by atoms with Crippen LogP contribution in [-0.4, -0.2) is 52.4 Å². The first-order valence-electron chi connectivity index (χ1n) is 10.1. The largest absolute Gasteiger partial charge is 0.464 e. The van der Waals surface area contributed by atoms with E-state index in [1.165, 1.54) is 6.07 Å². The molecule has 8 heteroatoms. The Kier molecular flexibility index (Phi) is 5.63. The first kappa shape index (κ1) is 20.8. The third-order valence-corrected chi connectivity index (χ3v) is 5.60. The van der Waals surface area contributed by atoms with Gasteiger partial charge in [-0.3, -0.25) is 9.59 Å². The van der Waals surface area contributed by atoms with Gasteiger partial charge in [0.15, 0.2) is 11.6 Å². The fraction of sp³-hybridized carbons (Fsp3) is 0.304. The lowest BCUT2D eigenvalue weighted by Gasteiger charge is -2.35. The fourth-order valence-electron chi connectivity index (χ4n) is 4.02. The second kappa shape index (κ2) is 8.37. The maximum absolute atomic E-state index is 13.4. The van der Waals surface area contributed by atoms with Gasteiger partial charge >= 0.3 is 0 Å². The fourth-order valence-corrected chi connectivity index (χ4v) is 4.02. The average molecular weight is 427 g/mol. The highest BCUT2D eigenvalue weighted by molar-refractivity contribution is 6.00. The molecule has 0 unspecified atom stereocenters. The number of furan rings is 1. The van der Waals surface area contributed by atoms with Gasteiger partial charge in [-0.25, -0.2) is 8.78 Å². The maximum atomic E-state index is 13.4. The molecule has 3 heterocycles. The van der Waals surface area contributed by atoms with Gasteiger partial charge < -0.3 is 18.8 Å². The molecule has 0 atom stereocenters. The van der Waals surface area contributed by atoms with Gasteiger partial charge in [-0.1, -0.05) is 6.07 Å². The summed E-state index contributed by atoms with van der Waals surface area (Å²) in [6.45, 7) is 3.49. The summed E-state index contributed by atoms with van der Waals surface area (Å²) in [5.74, 6) is -1.56. The van der Waals surface area contributed by atoms with Crippen LogP contribution < -0.4 is 0 Å². The molecule has 1 aliphatic heterocycles. The number of halogens is 2. The lowest BCUT2D eigenvalue weighted by atomic mass is 10.1. The Hall–Kier alpha value is -3.42. The van der Waals surface area contributed by atoms with E-state index in [2.05, 4.69) is 0 Å². The second-order valence-electron chi connectivity index (χ2n) is 7.72. The highest BCUT2D eigenvalue weighted by Crippen LogP contribution is 2.30. The molecule has 1 fully saturated rings. The van der Waals surface area contributed by atoms with E-state index in [9.17, 15) is 18.4 Å². The van der Waals surface area contributed by atoms with Crippen molar-refractivity contribution in [2.24, 2.45) is 7.05 Å². The van der Waals surface area contributed by atoms with Gasteiger partial charge in [0.2, 0.25) is 5.91 Å². The number of rotatable bonds is 4. The number of nitrogens with zero attached hydrogens (tertiary/aromatic N) is 3. The topological polar surface area (TPSA) is 58.7 Å². The second-order valence-corrected chi connectivity index (χ2v) is 7.72. The molecule has 3 aromatic rings. The summed E-state index contributed by atoms with van der Waals surface area (Å²) in [4.78, 5) is 29.2. The van der Waals surface area contributed by atoms with E-state index < -0.39 is 11.6 Å². The van der Waals surface area contributed by atoms with E-state index in [4.69, 9.17) is 4.42 Å². The molecule has 31 heavy (non-hydrogen) atoms. The minimum absolute atomic E-state index is 0.00913. The number of piperazine rings is 1. The molecule has 0 bridgehead atoms. The zero-order valence-corrected chi connectivity index (χ0v) is 17.4. The molecule has 1 aliphatic rings. The normalized spacial score (nSPS) is 14.2. The van der Waals surface area contributed by atoms with Crippen LogP contribution >= 0.6 is 0 Å². The van der Waals surface area contributed by atoms with Gasteiger partial charge in [0, 0.05) is 39.4 Å². The lowest BCUT2D eigenvalue weighted by molar-refractivity contribution is -0.131. The molecule has 0 aliphatic carbocycles. The third kappa shape index (κ3) is 4.10. The molecule has 0 radical (unpaired) electrons. The summed E-state index contributed by atoms with van der Waals surface area (Å²) in [5.41, 5.74) is 2.69. The van der Waals surface area contributed by atoms with Crippen molar-refractivity contribution < 1.29 is 22.8 Å². The highest BCUT2D eigenvalue weighted by Gasteiger charge is 2.29. The van der Waals surface area contributed by atoms with E-state index >= 15 is 0 Å². The van der Waals surface area contributed by atoms with Gasteiger partial charge in [-0.15, -0.1) is 0 Å². The van der Waals surface area contributed by atoms with Crippen molar-refractivity contribution in [3.63, 3.8) is 0 Å². The van der Waals surface area contributed by atoms with Crippen molar-refractivity contribution in [3.8, 4) is 11.3 Å². The SMILES string of the molecule is Cc1cn(C)c(C(=O)N2CCN(C(=O)Cc3ccc(F)c(F)c3)CC2)c1-c1ccco1. The first-order valence-corrected chi connectivity index (χ1v) is 10.1. The van der Waals surface area contributed by atoms with Crippen molar-refractivity contribution in [2.45, 2.75) is 13.3 Å². The monoisotopic (exact) mass is 427 g/mol. The van der Waals surface area contributed by atoms with Crippen LogP contribution in [0.25, 0.3) is 11.3 Å². The number of amides is 2. The summed E-state index contributed by atoms with van der Waals surface area (Å²) in [6, 6.07) is 7.08. The van der Waals surface area contributed by atoms with Crippen molar-refractivity contribution in [2.75, 3.05) is 26.2 Å². The summed E-state index contributed by atoms with van der Waals surface area (Å²) < 4.78 is 33.8. The molecule has 0 N–H and O–H groups in total. The van der Waals surface area contributed by atoms with Crippen LogP contribution in [0.2, 0.25) is 0 Å². The molecule has 162 valence electrons. The Morgan fingerprint density at radius 2 is 1.74 bits per heavy atom. The molecule has 4 rings (SSSR count). The number of carbonyl (C=O) groups is 2. The Bertz CT molecular complexity index is 1110. The minimum Gasteiger partial charge on any atom is -0.464 e. The Morgan fingerprint density at radius 3 is 2.39 bits per heavy atom. The highest BCUT2D eigenvalue weighted by atomic mass is 19.2. The number of aromatic nitrogens is 1. The zero-order chi connectivity index (χ0) is 22.1. The van der Waals surface area contributed by atoms with Crippen LogP contribution in [0.1, 0.15) is 21.6 Å². The number of hydrogen-bond donors (Lipinski definition) is 0. The molecule has 2 amide bonds. The molecule has 0 saturated carbocycles. The molecule has 0 spiro atoms. The van der Waals surface area contributed by atoms with Crippen molar-refractivity contribution in [1.82, 2.24) is 14.4 Å². The average Bonchev–Trinajstić information content (AvgIpc) is 3.37. The van der Waals surface area contributed by atoms with Gasteiger partial charge in [-0.2, -0.15) is 0 Å². The van der Waals surface area contributed by atoms with Gasteiger partial charge in [-0.05, 0) is 42.3 Å². The maximum Gasteiger partial charge on any atom is 0.271 e. The van der Waals surface area contributed by atoms with E-state index in [1.807, 2.05) is 26.2 Å². The summed E-state index contributed by atoms with van der Waals surface area (Å²) in [6.07, 6.45) is 3.46. The van der Waals surface area contributed by atoms with Crippen molar-refractivity contribution in [3.05, 3.63) is 71.2 Å². The van der Waals surface area contributed by atoms with Crippen LogP contribution in [0.5, 0.6) is 0 Å². The Balaban J connectivity index is 1.43. The number of hydrogen-bond acceptors (Lipinski definition) is 3. The van der Waals surface area contributed by atoms with E-state index in [0.717, 1.165) is 23.3 Å². The lowest BCUT2D eigenvalue weighted by Crippen LogP contribution is -2.51. The number of carbonyl (C=O) groups excluding carboxylic acids is 2. The van der Waals surface area contributed by atoms with Gasteiger partial charge in [0.05, 0.1) is 18.2 Å².